The maximum atomic E-state index is 12.7. The Hall–Kier alpha value is -5.62. The standard InChI is InChI=1S/C31H29N9O2S/c1-3-42-20(2)36-39-30(41)24-19-33-40(29(24)32)27-16-10-8-14-23(27)22-13-7-9-15-26(22)34-31(43)35-28-18-17-25(37-38-28)21-11-5-4-6-12-21/h4-19H,3,32H2,1-2H3,(H,39,41)(H2,34,35,38,43). The molecule has 0 aliphatic rings. The summed E-state index contributed by atoms with van der Waals surface area (Å²) in [4.78, 5) is 12.7. The molecule has 0 saturated heterocycles. The highest BCUT2D eigenvalue weighted by Gasteiger charge is 2.19. The van der Waals surface area contributed by atoms with Crippen LogP contribution in [0.5, 0.6) is 0 Å². The van der Waals surface area contributed by atoms with Crippen molar-refractivity contribution < 1.29 is 9.53 Å². The Balaban J connectivity index is 1.36. The van der Waals surface area contributed by atoms with Crippen LogP contribution in [0.15, 0.2) is 102 Å². The average Bonchev–Trinajstić information content (AvgIpc) is 3.42. The number of aromatic nitrogens is 4. The first kappa shape index (κ1) is 28.9. The van der Waals surface area contributed by atoms with Gasteiger partial charge in [-0.25, -0.2) is 10.1 Å². The summed E-state index contributed by atoms with van der Waals surface area (Å²) in [6.45, 7) is 3.92. The van der Waals surface area contributed by atoms with Gasteiger partial charge < -0.3 is 21.1 Å². The van der Waals surface area contributed by atoms with Gasteiger partial charge in [-0.05, 0) is 43.4 Å². The van der Waals surface area contributed by atoms with Gasteiger partial charge in [0.2, 0.25) is 5.90 Å². The number of ether oxygens (including phenoxy) is 1. The van der Waals surface area contributed by atoms with Crippen LogP contribution in [-0.4, -0.2) is 43.5 Å². The van der Waals surface area contributed by atoms with Gasteiger partial charge in [0.15, 0.2) is 10.9 Å². The molecule has 0 aliphatic heterocycles. The topological polar surface area (TPSA) is 144 Å². The van der Waals surface area contributed by atoms with E-state index in [1.165, 1.54) is 10.9 Å². The molecule has 0 aliphatic carbocycles. The zero-order valence-electron chi connectivity index (χ0n) is 23.5. The first-order valence-electron chi connectivity index (χ1n) is 13.4. The van der Waals surface area contributed by atoms with Gasteiger partial charge in [-0.15, -0.1) is 15.3 Å². The first-order valence-corrected chi connectivity index (χ1v) is 13.8. The van der Waals surface area contributed by atoms with E-state index >= 15 is 0 Å². The quantitative estimate of drug-likeness (QED) is 0.0797. The first-order chi connectivity index (χ1) is 20.9. The van der Waals surface area contributed by atoms with Crippen molar-refractivity contribution in [1.29, 1.82) is 0 Å². The van der Waals surface area contributed by atoms with Crippen molar-refractivity contribution in [2.24, 2.45) is 5.10 Å². The molecule has 2 heterocycles. The second-order valence-electron chi connectivity index (χ2n) is 9.17. The molecule has 0 spiro atoms. The zero-order valence-corrected chi connectivity index (χ0v) is 24.3. The summed E-state index contributed by atoms with van der Waals surface area (Å²) in [6, 6.07) is 28.8. The van der Waals surface area contributed by atoms with Gasteiger partial charge in [-0.1, -0.05) is 66.7 Å². The fourth-order valence-electron chi connectivity index (χ4n) is 4.30. The maximum Gasteiger partial charge on any atom is 0.276 e. The number of nitrogens with zero attached hydrogens (tertiary/aromatic N) is 5. The second-order valence-corrected chi connectivity index (χ2v) is 9.58. The number of anilines is 3. The van der Waals surface area contributed by atoms with E-state index in [0.29, 0.717) is 29.1 Å². The summed E-state index contributed by atoms with van der Waals surface area (Å²) in [5.74, 6) is 0.499. The molecule has 0 atom stereocenters. The Bertz CT molecular complexity index is 1770. The molecule has 0 radical (unpaired) electrons. The smallest absolute Gasteiger partial charge is 0.276 e. The molecule has 1 amide bonds. The number of rotatable bonds is 8. The van der Waals surface area contributed by atoms with E-state index in [2.05, 4.69) is 36.5 Å². The van der Waals surface area contributed by atoms with Crippen molar-refractivity contribution in [3.05, 3.63) is 103 Å². The minimum absolute atomic E-state index is 0.161. The molecule has 5 rings (SSSR count). The van der Waals surface area contributed by atoms with Gasteiger partial charge in [0, 0.05) is 29.3 Å². The molecule has 5 aromatic rings. The van der Waals surface area contributed by atoms with Crippen molar-refractivity contribution in [1.82, 2.24) is 25.4 Å². The Labute approximate surface area is 253 Å². The van der Waals surface area contributed by atoms with Crippen LogP contribution >= 0.6 is 12.2 Å². The number of nitrogen functional groups attached to an aromatic ring is 1. The molecule has 0 bridgehead atoms. The lowest BCUT2D eigenvalue weighted by molar-refractivity contribution is 0.0954. The molecule has 0 fully saturated rings. The summed E-state index contributed by atoms with van der Waals surface area (Å²) >= 11 is 5.60. The summed E-state index contributed by atoms with van der Waals surface area (Å²) in [7, 11) is 0. The molecular weight excluding hydrogens is 562 g/mol. The van der Waals surface area contributed by atoms with E-state index in [0.717, 1.165) is 28.1 Å². The Morgan fingerprint density at radius 1 is 0.930 bits per heavy atom. The molecule has 216 valence electrons. The van der Waals surface area contributed by atoms with E-state index in [1.807, 2.05) is 97.9 Å². The SMILES string of the molecule is CCOC(C)=NNC(=O)c1cnn(-c2ccccc2-c2ccccc2NC(=S)Nc2ccc(-c3ccccc3)nn2)c1N. The number of hydrogen-bond acceptors (Lipinski definition) is 8. The lowest BCUT2D eigenvalue weighted by Crippen LogP contribution is -2.21. The number of nitrogens with one attached hydrogen (secondary N) is 3. The molecule has 11 nitrogen and oxygen atoms in total. The molecule has 5 N–H and O–H groups in total. The van der Waals surface area contributed by atoms with Crippen molar-refractivity contribution in [3.63, 3.8) is 0 Å². The van der Waals surface area contributed by atoms with Crippen LogP contribution in [0.1, 0.15) is 24.2 Å². The van der Waals surface area contributed by atoms with Gasteiger partial charge in [0.1, 0.15) is 11.4 Å². The van der Waals surface area contributed by atoms with E-state index in [9.17, 15) is 4.79 Å². The number of nitrogens with two attached hydrogens (primary N) is 1. The summed E-state index contributed by atoms with van der Waals surface area (Å²) in [6.07, 6.45) is 1.40. The van der Waals surface area contributed by atoms with Crippen molar-refractivity contribution >= 4 is 46.5 Å². The number of hydrogen-bond donors (Lipinski definition) is 4. The molecule has 0 unspecified atom stereocenters. The van der Waals surface area contributed by atoms with E-state index in [1.54, 1.807) is 6.92 Å². The van der Waals surface area contributed by atoms with Crippen LogP contribution in [0.3, 0.4) is 0 Å². The number of amides is 1. The Kier molecular flexibility index (Phi) is 8.98. The normalized spacial score (nSPS) is 11.1. The molecular formula is C31H29N9O2S. The fourth-order valence-corrected chi connectivity index (χ4v) is 4.51. The van der Waals surface area contributed by atoms with Crippen molar-refractivity contribution in [2.45, 2.75) is 13.8 Å². The number of carbonyl (C=O) groups excluding carboxylic acids is 1. The molecule has 43 heavy (non-hydrogen) atoms. The molecule has 0 saturated carbocycles. The number of hydrazone groups is 1. The van der Waals surface area contributed by atoms with Crippen LogP contribution < -0.4 is 21.8 Å². The zero-order chi connectivity index (χ0) is 30.2. The van der Waals surface area contributed by atoms with E-state index in [4.69, 9.17) is 22.7 Å². The van der Waals surface area contributed by atoms with Crippen LogP contribution in [0.25, 0.3) is 28.1 Å². The third-order valence-corrected chi connectivity index (χ3v) is 6.50. The minimum atomic E-state index is -0.501. The summed E-state index contributed by atoms with van der Waals surface area (Å²) in [5.41, 5.74) is 13.8. The predicted octanol–water partition coefficient (Wildman–Crippen LogP) is 5.49. The Morgan fingerprint density at radius 3 is 2.40 bits per heavy atom. The summed E-state index contributed by atoms with van der Waals surface area (Å²) in [5, 5.41) is 23.6. The lowest BCUT2D eigenvalue weighted by atomic mass is 10.0. The highest BCUT2D eigenvalue weighted by atomic mass is 32.1. The second kappa shape index (κ2) is 13.4. The number of para-hydroxylation sites is 2. The van der Waals surface area contributed by atoms with Crippen LogP contribution in [0.2, 0.25) is 0 Å². The number of thiocarbonyl (C=S) groups is 1. The number of carbonyl (C=O) groups is 1. The summed E-state index contributed by atoms with van der Waals surface area (Å²) < 4.78 is 6.76. The third kappa shape index (κ3) is 6.82. The molecule has 12 heteroatoms. The van der Waals surface area contributed by atoms with Crippen LogP contribution in [0.4, 0.5) is 17.3 Å². The third-order valence-electron chi connectivity index (χ3n) is 6.29. The monoisotopic (exact) mass is 591 g/mol. The van der Waals surface area contributed by atoms with Gasteiger partial charge in [0.05, 0.1) is 24.2 Å². The maximum absolute atomic E-state index is 12.7. The highest BCUT2D eigenvalue weighted by Crippen LogP contribution is 2.34. The van der Waals surface area contributed by atoms with Crippen LogP contribution in [0, 0.1) is 0 Å². The number of benzene rings is 3. The van der Waals surface area contributed by atoms with E-state index < -0.39 is 5.91 Å². The lowest BCUT2D eigenvalue weighted by Gasteiger charge is -2.17. The highest BCUT2D eigenvalue weighted by molar-refractivity contribution is 7.80. The van der Waals surface area contributed by atoms with E-state index in [-0.39, 0.29) is 11.4 Å². The van der Waals surface area contributed by atoms with Gasteiger partial charge in [0.25, 0.3) is 5.91 Å². The largest absolute Gasteiger partial charge is 0.480 e. The Morgan fingerprint density at radius 2 is 1.65 bits per heavy atom. The van der Waals surface area contributed by atoms with Crippen molar-refractivity contribution in [2.75, 3.05) is 23.0 Å². The molecule has 3 aromatic carbocycles. The minimum Gasteiger partial charge on any atom is -0.480 e. The van der Waals surface area contributed by atoms with Gasteiger partial charge in [-0.2, -0.15) is 5.10 Å². The average molecular weight is 592 g/mol. The predicted molar refractivity (Wildman–Crippen MR) is 173 cm³/mol. The van der Waals surface area contributed by atoms with Crippen molar-refractivity contribution in [3.8, 4) is 28.1 Å². The van der Waals surface area contributed by atoms with Crippen LogP contribution in [-0.2, 0) is 4.74 Å². The van der Waals surface area contributed by atoms with Gasteiger partial charge in [-0.3, -0.25) is 4.79 Å². The fraction of sp³-hybridized carbons (Fsp3) is 0.0968. The van der Waals surface area contributed by atoms with Gasteiger partial charge >= 0.3 is 0 Å². The molecule has 2 aromatic heterocycles.